The fourth-order valence-electron chi connectivity index (χ4n) is 3.24. The minimum absolute atomic E-state index is 0.300. The third-order valence-electron chi connectivity index (χ3n) is 4.70. The fraction of sp³-hybridized carbons (Fsp3) is 1.00. The van der Waals surface area contributed by atoms with E-state index in [2.05, 4.69) is 30.6 Å². The van der Waals surface area contributed by atoms with Crippen molar-refractivity contribution < 1.29 is 0 Å². The van der Waals surface area contributed by atoms with Gasteiger partial charge in [-0.15, -0.1) is 7.92 Å². The Balaban J connectivity index is 1.71. The van der Waals surface area contributed by atoms with E-state index in [1.165, 1.54) is 51.9 Å². The van der Waals surface area contributed by atoms with Gasteiger partial charge in [0, 0.05) is 0 Å². The van der Waals surface area contributed by atoms with Crippen LogP contribution in [0.4, 0.5) is 0 Å². The van der Waals surface area contributed by atoms with E-state index in [0.29, 0.717) is 7.92 Å². The molecule has 2 heterocycles. The summed E-state index contributed by atoms with van der Waals surface area (Å²) in [6.07, 6.45) is 7.39. The van der Waals surface area contributed by atoms with Crippen LogP contribution in [-0.4, -0.2) is 68.6 Å². The lowest BCUT2D eigenvalue weighted by Gasteiger charge is -2.36. The van der Waals surface area contributed by atoms with Crippen LogP contribution in [0.3, 0.4) is 0 Å². The molecule has 2 nitrogen and oxygen atoms in total. The van der Waals surface area contributed by atoms with Gasteiger partial charge in [-0.25, -0.2) is 0 Å². The Kier molecular flexibility index (Phi) is 5.26. The lowest BCUT2D eigenvalue weighted by atomic mass is 10.00. The number of hydrogen-bond acceptors (Lipinski definition) is 2. The molecule has 2 rings (SSSR count). The first-order valence-corrected chi connectivity index (χ1v) is 9.27. The molecule has 0 saturated carbocycles. The summed E-state index contributed by atoms with van der Waals surface area (Å²) < 4.78 is 0. The highest BCUT2D eigenvalue weighted by Gasteiger charge is 2.25. The molecule has 2 aliphatic rings. The van der Waals surface area contributed by atoms with Crippen molar-refractivity contribution in [3.63, 3.8) is 0 Å². The van der Waals surface area contributed by atoms with Crippen molar-refractivity contribution in [1.82, 2.24) is 9.80 Å². The molecule has 0 aliphatic carbocycles. The van der Waals surface area contributed by atoms with Crippen molar-refractivity contribution in [2.24, 2.45) is 5.92 Å². The molecule has 0 spiro atoms. The molecule has 0 aromatic rings. The molecule has 2 fully saturated rings. The largest absolute Gasteiger partial charge is 0.306 e. The molecule has 2 aliphatic heterocycles. The van der Waals surface area contributed by atoms with Crippen LogP contribution < -0.4 is 0 Å². The van der Waals surface area contributed by atoms with Crippen LogP contribution in [0.2, 0.25) is 0 Å². The van der Waals surface area contributed by atoms with Gasteiger partial charge in [-0.1, -0.05) is 0 Å². The number of nitrogens with zero attached hydrogens (tertiary/aromatic N) is 2. The highest BCUT2D eigenvalue weighted by Crippen LogP contribution is 2.45. The Morgan fingerprint density at radius 1 is 0.882 bits per heavy atom. The maximum atomic E-state index is 2.57. The Hall–Kier alpha value is 0.350. The zero-order valence-electron chi connectivity index (χ0n) is 11.9. The summed E-state index contributed by atoms with van der Waals surface area (Å²) in [6.45, 7) is 7.92. The van der Waals surface area contributed by atoms with E-state index in [4.69, 9.17) is 0 Å². The van der Waals surface area contributed by atoms with Crippen molar-refractivity contribution in [2.45, 2.75) is 31.3 Å². The summed E-state index contributed by atoms with van der Waals surface area (Å²) in [4.78, 5) is 4.99. The van der Waals surface area contributed by atoms with Gasteiger partial charge in [0.15, 0.2) is 0 Å². The Labute approximate surface area is 108 Å². The zero-order chi connectivity index (χ0) is 12.3. The van der Waals surface area contributed by atoms with E-state index < -0.39 is 0 Å². The van der Waals surface area contributed by atoms with Crippen molar-refractivity contribution in [3.8, 4) is 0 Å². The topological polar surface area (TPSA) is 6.48 Å². The first-order chi connectivity index (χ1) is 8.15. The zero-order valence-corrected chi connectivity index (χ0v) is 12.8. The summed E-state index contributed by atoms with van der Waals surface area (Å²) in [5.74, 6) is 1.04. The second-order valence-electron chi connectivity index (χ2n) is 6.22. The van der Waals surface area contributed by atoms with Gasteiger partial charge in [-0.3, -0.25) is 0 Å². The molecule has 3 heteroatoms. The van der Waals surface area contributed by atoms with E-state index >= 15 is 0 Å². The van der Waals surface area contributed by atoms with E-state index in [-0.39, 0.29) is 0 Å². The van der Waals surface area contributed by atoms with Crippen LogP contribution in [0.15, 0.2) is 0 Å². The van der Waals surface area contributed by atoms with Crippen LogP contribution in [0, 0.1) is 5.92 Å². The molecule has 0 aromatic carbocycles. The lowest BCUT2D eigenvalue weighted by molar-refractivity contribution is 0.231. The molecule has 100 valence electrons. The predicted octanol–water partition coefficient (Wildman–Crippen LogP) is 2.53. The Bertz CT molecular complexity index is 218. The standard InChI is InChI=1S/C14H29N2P/c1-15-8-4-13(5-9-15)12-17(3)14-6-10-16(2)11-7-14/h13-14H,4-12H2,1-3H3. The molecule has 0 N–H and O–H groups in total. The van der Waals surface area contributed by atoms with E-state index in [9.17, 15) is 0 Å². The van der Waals surface area contributed by atoms with Crippen molar-refractivity contribution in [3.05, 3.63) is 0 Å². The van der Waals surface area contributed by atoms with Gasteiger partial charge in [0.25, 0.3) is 0 Å². The van der Waals surface area contributed by atoms with Gasteiger partial charge in [0.1, 0.15) is 0 Å². The molecule has 17 heavy (non-hydrogen) atoms. The molecule has 0 amide bonds. The second-order valence-corrected chi connectivity index (χ2v) is 8.83. The molecule has 0 aromatic heterocycles. The highest BCUT2D eigenvalue weighted by molar-refractivity contribution is 7.57. The normalized spacial score (nSPS) is 28.4. The highest BCUT2D eigenvalue weighted by atomic mass is 31.1. The average molecular weight is 256 g/mol. The molecular weight excluding hydrogens is 227 g/mol. The Morgan fingerprint density at radius 2 is 1.35 bits per heavy atom. The Morgan fingerprint density at radius 3 is 1.88 bits per heavy atom. The minimum Gasteiger partial charge on any atom is -0.306 e. The summed E-state index contributed by atoms with van der Waals surface area (Å²) in [5.41, 5.74) is 1.07. The summed E-state index contributed by atoms with van der Waals surface area (Å²) >= 11 is 0. The number of piperidine rings is 2. The smallest absolute Gasteiger partial charge is 0.00158 e. The van der Waals surface area contributed by atoms with Gasteiger partial charge in [0.2, 0.25) is 0 Å². The van der Waals surface area contributed by atoms with Gasteiger partial charge in [-0.2, -0.15) is 0 Å². The molecule has 0 bridgehead atoms. The molecular formula is C14H29N2P. The van der Waals surface area contributed by atoms with Crippen molar-refractivity contribution >= 4 is 7.92 Å². The quantitative estimate of drug-likeness (QED) is 0.716. The van der Waals surface area contributed by atoms with Crippen molar-refractivity contribution in [2.75, 3.05) is 53.1 Å². The average Bonchev–Trinajstić information content (AvgIpc) is 2.33. The maximum Gasteiger partial charge on any atom is -0.00158 e. The van der Waals surface area contributed by atoms with E-state index in [1.54, 1.807) is 6.16 Å². The van der Waals surface area contributed by atoms with Crippen molar-refractivity contribution in [1.29, 1.82) is 0 Å². The first kappa shape index (κ1) is 13.8. The lowest BCUT2D eigenvalue weighted by Crippen LogP contribution is -2.34. The third kappa shape index (κ3) is 4.19. The second kappa shape index (κ2) is 6.50. The van der Waals surface area contributed by atoms with Gasteiger partial charge in [0.05, 0.1) is 0 Å². The number of likely N-dealkylation sites (tertiary alicyclic amines) is 2. The first-order valence-electron chi connectivity index (χ1n) is 7.22. The van der Waals surface area contributed by atoms with Crippen LogP contribution >= 0.6 is 7.92 Å². The SMILES string of the molecule is CN1CCC(CP(C)C2CCN(C)CC2)CC1. The maximum absolute atomic E-state index is 2.57. The van der Waals surface area contributed by atoms with Gasteiger partial charge in [-0.05, 0) is 90.4 Å². The van der Waals surface area contributed by atoms with E-state index in [1.807, 2.05) is 0 Å². The molecule has 0 radical (unpaired) electrons. The van der Waals surface area contributed by atoms with Crippen LogP contribution in [-0.2, 0) is 0 Å². The van der Waals surface area contributed by atoms with Crippen LogP contribution in [0.1, 0.15) is 25.7 Å². The van der Waals surface area contributed by atoms with Gasteiger partial charge >= 0.3 is 0 Å². The van der Waals surface area contributed by atoms with Crippen LogP contribution in [0.25, 0.3) is 0 Å². The summed E-state index contributed by atoms with van der Waals surface area (Å²) in [6, 6.07) is 0. The molecule has 1 unspecified atom stereocenters. The van der Waals surface area contributed by atoms with Gasteiger partial charge < -0.3 is 9.80 Å². The fourth-order valence-corrected chi connectivity index (χ4v) is 5.83. The predicted molar refractivity (Wildman–Crippen MR) is 78.5 cm³/mol. The summed E-state index contributed by atoms with van der Waals surface area (Å²) in [5, 5.41) is 0. The van der Waals surface area contributed by atoms with Crippen LogP contribution in [0.5, 0.6) is 0 Å². The number of hydrogen-bond donors (Lipinski definition) is 0. The van der Waals surface area contributed by atoms with E-state index in [0.717, 1.165) is 11.6 Å². The summed E-state index contributed by atoms with van der Waals surface area (Å²) in [7, 11) is 4.83. The monoisotopic (exact) mass is 256 g/mol. The minimum atomic E-state index is 0.300. The molecule has 1 atom stereocenters. The molecule has 2 saturated heterocycles. The third-order valence-corrected chi connectivity index (χ3v) is 7.55. The number of rotatable bonds is 3.